The maximum atomic E-state index is 2.28. The van der Waals surface area contributed by atoms with Crippen molar-refractivity contribution >= 4 is 94.1 Å². The van der Waals surface area contributed by atoms with Gasteiger partial charge in [-0.3, -0.25) is 0 Å². The van der Waals surface area contributed by atoms with E-state index in [9.17, 15) is 0 Å². The van der Waals surface area contributed by atoms with Crippen LogP contribution < -0.4 is 0 Å². The lowest BCUT2D eigenvalue weighted by atomic mass is 10.2. The maximum absolute atomic E-state index is 2.28. The minimum absolute atomic E-state index is 0.220. The minimum Gasteiger partial charge on any atom is -0.117 e. The molecule has 5 aliphatic rings. The molecule has 4 aliphatic heterocycles. The van der Waals surface area contributed by atoms with Gasteiger partial charge in [0, 0.05) is 33.3 Å². The standard InChI is InChI=1S/C14H10S8/c1-2-16-11(15-1)9-10-8(7-14(9)19-5-6-20-14)21-13(22-10)12-17-3-4-18-12/h1-2,5-6H,3-4,7H2. The molecule has 0 bridgehead atoms. The summed E-state index contributed by atoms with van der Waals surface area (Å²) in [6, 6.07) is 0. The predicted octanol–water partition coefficient (Wildman–Crippen LogP) is 7.50. The lowest BCUT2D eigenvalue weighted by molar-refractivity contribution is 1.01. The molecule has 1 aliphatic carbocycles. The molecule has 0 N–H and O–H groups in total. The smallest absolute Gasteiger partial charge is 0.101 e. The average molecular weight is 435 g/mol. The van der Waals surface area contributed by atoms with Crippen LogP contribution in [0.2, 0.25) is 0 Å². The molecule has 1 spiro atoms. The van der Waals surface area contributed by atoms with Crippen LogP contribution in [-0.2, 0) is 0 Å². The van der Waals surface area contributed by atoms with Crippen LogP contribution >= 0.6 is 94.1 Å². The van der Waals surface area contributed by atoms with Crippen LogP contribution in [0.4, 0.5) is 0 Å². The molecule has 0 atom stereocenters. The van der Waals surface area contributed by atoms with Gasteiger partial charge in [0.25, 0.3) is 0 Å². The van der Waals surface area contributed by atoms with Crippen LogP contribution in [0.3, 0.4) is 0 Å². The van der Waals surface area contributed by atoms with E-state index in [-0.39, 0.29) is 4.08 Å². The molecule has 1 saturated heterocycles. The van der Waals surface area contributed by atoms with Crippen LogP contribution in [0.25, 0.3) is 0 Å². The lowest BCUT2D eigenvalue weighted by Gasteiger charge is -2.27. The second-order valence-electron chi connectivity index (χ2n) is 4.84. The highest BCUT2D eigenvalue weighted by molar-refractivity contribution is 8.33. The van der Waals surface area contributed by atoms with E-state index in [0.717, 1.165) is 0 Å². The van der Waals surface area contributed by atoms with E-state index in [1.807, 2.05) is 82.3 Å². The molecule has 0 nitrogen and oxygen atoms in total. The van der Waals surface area contributed by atoms with E-state index < -0.39 is 0 Å². The van der Waals surface area contributed by atoms with Gasteiger partial charge >= 0.3 is 0 Å². The van der Waals surface area contributed by atoms with Gasteiger partial charge in [0.15, 0.2) is 0 Å². The lowest BCUT2D eigenvalue weighted by Crippen LogP contribution is -2.17. The van der Waals surface area contributed by atoms with Crippen LogP contribution in [-0.4, -0.2) is 15.6 Å². The van der Waals surface area contributed by atoms with Gasteiger partial charge in [0.1, 0.15) is 4.08 Å². The van der Waals surface area contributed by atoms with E-state index in [1.54, 1.807) is 23.9 Å². The first-order valence-corrected chi connectivity index (χ1v) is 13.8. The first kappa shape index (κ1) is 15.7. The summed E-state index contributed by atoms with van der Waals surface area (Å²) in [5, 5.41) is 9.02. The van der Waals surface area contributed by atoms with Crippen molar-refractivity contribution < 1.29 is 0 Å². The average Bonchev–Trinajstić information content (AvgIpc) is 3.31. The molecule has 4 heterocycles. The van der Waals surface area contributed by atoms with Crippen molar-refractivity contribution in [2.24, 2.45) is 0 Å². The van der Waals surface area contributed by atoms with Crippen molar-refractivity contribution in [3.8, 4) is 0 Å². The number of thioether (sulfide) groups is 8. The normalized spacial score (nSPS) is 29.1. The Morgan fingerprint density at radius 1 is 0.773 bits per heavy atom. The van der Waals surface area contributed by atoms with Crippen molar-refractivity contribution in [3.63, 3.8) is 0 Å². The highest BCUT2D eigenvalue weighted by atomic mass is 32.2. The van der Waals surface area contributed by atoms with Crippen molar-refractivity contribution in [2.45, 2.75) is 10.5 Å². The molecule has 22 heavy (non-hydrogen) atoms. The number of rotatable bonds is 0. The molecule has 0 aromatic rings. The van der Waals surface area contributed by atoms with Gasteiger partial charge in [-0.15, -0.1) is 47.0 Å². The number of hydrogen-bond donors (Lipinski definition) is 0. The summed E-state index contributed by atoms with van der Waals surface area (Å²) in [4.78, 5) is 3.18. The molecule has 0 unspecified atom stereocenters. The van der Waals surface area contributed by atoms with Crippen LogP contribution in [0.5, 0.6) is 0 Å². The molecule has 0 radical (unpaired) electrons. The van der Waals surface area contributed by atoms with Crippen LogP contribution in [0.15, 0.2) is 49.7 Å². The Morgan fingerprint density at radius 2 is 1.50 bits per heavy atom. The van der Waals surface area contributed by atoms with Crippen molar-refractivity contribution in [1.29, 1.82) is 0 Å². The van der Waals surface area contributed by atoms with Gasteiger partial charge in [-0.2, -0.15) is 0 Å². The Morgan fingerprint density at radius 3 is 2.23 bits per heavy atom. The van der Waals surface area contributed by atoms with E-state index >= 15 is 0 Å². The van der Waals surface area contributed by atoms with E-state index in [4.69, 9.17) is 0 Å². The summed E-state index contributed by atoms with van der Waals surface area (Å²) in [5.74, 6) is 2.55. The molecular formula is C14H10S8. The van der Waals surface area contributed by atoms with Crippen LogP contribution in [0.1, 0.15) is 6.42 Å². The molecule has 0 aromatic carbocycles. The molecular weight excluding hydrogens is 425 g/mol. The molecule has 0 saturated carbocycles. The highest BCUT2D eigenvalue weighted by Crippen LogP contribution is 2.71. The molecule has 0 amide bonds. The zero-order valence-electron chi connectivity index (χ0n) is 11.2. The van der Waals surface area contributed by atoms with Gasteiger partial charge in [-0.05, 0) is 21.6 Å². The quantitative estimate of drug-likeness (QED) is 0.379. The second kappa shape index (κ2) is 6.34. The van der Waals surface area contributed by atoms with Crippen molar-refractivity contribution in [1.82, 2.24) is 0 Å². The SMILES string of the molecule is C1=CSC(=C2C3=C(CC24SC=CS4)SC(=C2SCCS2)S3)S1. The second-order valence-corrected chi connectivity index (χ2v) is 14.4. The van der Waals surface area contributed by atoms with Gasteiger partial charge in [-0.1, -0.05) is 47.0 Å². The summed E-state index contributed by atoms with van der Waals surface area (Å²) in [6.45, 7) is 0. The minimum atomic E-state index is 0.220. The van der Waals surface area contributed by atoms with Gasteiger partial charge < -0.3 is 0 Å². The summed E-state index contributed by atoms with van der Waals surface area (Å²) < 4.78 is 4.84. The van der Waals surface area contributed by atoms with E-state index in [2.05, 4.69) is 33.4 Å². The third-order valence-electron chi connectivity index (χ3n) is 3.56. The Hall–Kier alpha value is 1.50. The van der Waals surface area contributed by atoms with Crippen molar-refractivity contribution in [3.05, 3.63) is 49.7 Å². The predicted molar refractivity (Wildman–Crippen MR) is 117 cm³/mol. The first-order valence-electron chi connectivity index (χ1n) is 6.69. The first-order chi connectivity index (χ1) is 10.9. The fraction of sp³-hybridized carbons (Fsp3) is 0.286. The van der Waals surface area contributed by atoms with Gasteiger partial charge in [0.2, 0.25) is 0 Å². The summed E-state index contributed by atoms with van der Waals surface area (Å²) in [7, 11) is 0. The molecule has 8 heteroatoms. The molecule has 5 rings (SSSR count). The Bertz CT molecular complexity index is 670. The zero-order chi connectivity index (χ0) is 14.6. The monoisotopic (exact) mass is 434 g/mol. The third-order valence-corrected chi connectivity index (χ3v) is 14.3. The Balaban J connectivity index is 1.54. The Labute approximate surface area is 164 Å². The van der Waals surface area contributed by atoms with Gasteiger partial charge in [0.05, 0.1) is 12.7 Å². The van der Waals surface area contributed by atoms with E-state index in [0.29, 0.717) is 0 Å². The highest BCUT2D eigenvalue weighted by Gasteiger charge is 2.50. The fourth-order valence-corrected chi connectivity index (χ4v) is 13.9. The molecule has 1 fully saturated rings. The molecule has 114 valence electrons. The Kier molecular flexibility index (Phi) is 4.53. The summed E-state index contributed by atoms with van der Waals surface area (Å²) in [5.41, 5.74) is 1.60. The topological polar surface area (TPSA) is 0 Å². The van der Waals surface area contributed by atoms with Crippen molar-refractivity contribution in [2.75, 3.05) is 11.5 Å². The number of hydrogen-bond acceptors (Lipinski definition) is 8. The summed E-state index contributed by atoms with van der Waals surface area (Å²) in [6.07, 6.45) is 1.19. The van der Waals surface area contributed by atoms with Crippen LogP contribution in [0, 0.1) is 0 Å². The fourth-order valence-electron chi connectivity index (χ4n) is 2.70. The van der Waals surface area contributed by atoms with Gasteiger partial charge in [-0.25, -0.2) is 0 Å². The maximum Gasteiger partial charge on any atom is 0.101 e. The largest absolute Gasteiger partial charge is 0.117 e. The van der Waals surface area contributed by atoms with E-state index in [1.165, 1.54) is 22.2 Å². The zero-order valence-corrected chi connectivity index (χ0v) is 17.7. The third kappa shape index (κ3) is 2.55. The summed E-state index contributed by atoms with van der Waals surface area (Å²) >= 11 is 16.0. The molecule has 0 aromatic heterocycles. The number of allylic oxidation sites excluding steroid dienone is 2.